The normalized spacial score (nSPS) is 11.8. The van der Waals surface area contributed by atoms with Crippen LogP contribution in [0.25, 0.3) is 0 Å². The van der Waals surface area contributed by atoms with Crippen molar-refractivity contribution in [3.05, 3.63) is 27.7 Å². The molecule has 0 aromatic heterocycles. The summed E-state index contributed by atoms with van der Waals surface area (Å²) in [7, 11) is 0. The molecule has 1 rings (SSSR count). The number of halogens is 4. The van der Waals surface area contributed by atoms with Crippen LogP contribution in [0.2, 0.25) is 0 Å². The van der Waals surface area contributed by atoms with Crippen LogP contribution in [0.15, 0.2) is 16.6 Å². The highest BCUT2D eigenvalue weighted by Gasteiger charge is 2.33. The first-order chi connectivity index (χ1) is 5.82. The Morgan fingerprint density at radius 2 is 1.85 bits per heavy atom. The molecule has 0 unspecified atom stereocenters. The Hall–Kier alpha value is -0.710. The minimum atomic E-state index is -4.39. The van der Waals surface area contributed by atoms with Gasteiger partial charge in [-0.05, 0) is 40.5 Å². The zero-order chi connectivity index (χ0) is 10.2. The number of hydrogen-bond acceptors (Lipinski definition) is 1. The van der Waals surface area contributed by atoms with Gasteiger partial charge in [0, 0.05) is 4.47 Å². The maximum absolute atomic E-state index is 12.3. The smallest absolute Gasteiger partial charge is 0.397 e. The summed E-state index contributed by atoms with van der Waals surface area (Å²) in [5.74, 6) is 0. The van der Waals surface area contributed by atoms with E-state index in [4.69, 9.17) is 5.73 Å². The van der Waals surface area contributed by atoms with E-state index in [2.05, 4.69) is 15.9 Å². The van der Waals surface area contributed by atoms with Crippen molar-refractivity contribution in [1.29, 1.82) is 0 Å². The van der Waals surface area contributed by atoms with Crippen LogP contribution in [-0.4, -0.2) is 0 Å². The Bertz CT molecular complexity index is 333. The molecular formula is C8H7BrF3N. The van der Waals surface area contributed by atoms with Gasteiger partial charge in [0.15, 0.2) is 0 Å². The van der Waals surface area contributed by atoms with E-state index in [0.717, 1.165) is 6.07 Å². The summed E-state index contributed by atoms with van der Waals surface area (Å²) in [5, 5.41) is 0. The predicted molar refractivity (Wildman–Crippen MR) is 48.3 cm³/mol. The Kier molecular flexibility index (Phi) is 2.56. The van der Waals surface area contributed by atoms with E-state index in [1.807, 2.05) is 0 Å². The molecule has 1 aromatic rings. The van der Waals surface area contributed by atoms with Gasteiger partial charge >= 0.3 is 6.18 Å². The highest BCUT2D eigenvalue weighted by Crippen LogP contribution is 2.37. The molecular weight excluding hydrogens is 247 g/mol. The fourth-order valence-electron chi connectivity index (χ4n) is 0.988. The number of rotatable bonds is 0. The molecule has 1 aromatic carbocycles. The standard InChI is InChI=1S/C8H7BrF3N/c1-4-2-5(8(10,11)12)7(13)6(9)3-4/h2-3H,13H2,1H3. The molecule has 72 valence electrons. The molecule has 0 saturated heterocycles. The van der Waals surface area contributed by atoms with Crippen molar-refractivity contribution in [3.8, 4) is 0 Å². The molecule has 2 N–H and O–H groups in total. The lowest BCUT2D eigenvalue weighted by Crippen LogP contribution is -2.09. The first-order valence-corrected chi connectivity index (χ1v) is 4.24. The van der Waals surface area contributed by atoms with Gasteiger partial charge in [-0.25, -0.2) is 0 Å². The number of anilines is 1. The van der Waals surface area contributed by atoms with Crippen molar-refractivity contribution in [2.75, 3.05) is 5.73 Å². The van der Waals surface area contributed by atoms with Crippen LogP contribution < -0.4 is 5.73 Å². The van der Waals surface area contributed by atoms with E-state index in [1.54, 1.807) is 13.0 Å². The average Bonchev–Trinajstić information content (AvgIpc) is 1.94. The summed E-state index contributed by atoms with van der Waals surface area (Å²) >= 11 is 2.96. The molecule has 0 saturated carbocycles. The van der Waals surface area contributed by atoms with Crippen molar-refractivity contribution >= 4 is 21.6 Å². The number of hydrogen-bond donors (Lipinski definition) is 1. The Balaban J connectivity index is 3.37. The van der Waals surface area contributed by atoms with E-state index >= 15 is 0 Å². The number of nitrogen functional groups attached to an aromatic ring is 1. The molecule has 0 amide bonds. The van der Waals surface area contributed by atoms with Crippen LogP contribution in [0.3, 0.4) is 0 Å². The largest absolute Gasteiger partial charge is 0.418 e. The minimum absolute atomic E-state index is 0.266. The van der Waals surface area contributed by atoms with E-state index in [-0.39, 0.29) is 10.2 Å². The van der Waals surface area contributed by atoms with Crippen LogP contribution in [-0.2, 0) is 6.18 Å². The third-order valence-corrected chi connectivity index (χ3v) is 2.24. The Morgan fingerprint density at radius 3 is 2.31 bits per heavy atom. The predicted octanol–water partition coefficient (Wildman–Crippen LogP) is 3.36. The van der Waals surface area contributed by atoms with Crippen molar-refractivity contribution in [2.45, 2.75) is 13.1 Å². The molecule has 0 fully saturated rings. The first-order valence-electron chi connectivity index (χ1n) is 3.45. The Morgan fingerprint density at radius 1 is 1.31 bits per heavy atom. The average molecular weight is 254 g/mol. The highest BCUT2D eigenvalue weighted by molar-refractivity contribution is 9.10. The van der Waals surface area contributed by atoms with E-state index in [9.17, 15) is 13.2 Å². The summed E-state index contributed by atoms with van der Waals surface area (Å²) in [5.41, 5.74) is 4.73. The van der Waals surface area contributed by atoms with Gasteiger partial charge in [0.2, 0.25) is 0 Å². The molecule has 5 heteroatoms. The molecule has 1 nitrogen and oxygen atoms in total. The zero-order valence-corrected chi connectivity index (χ0v) is 8.33. The molecule has 0 aliphatic carbocycles. The van der Waals surface area contributed by atoms with Crippen molar-refractivity contribution in [2.24, 2.45) is 0 Å². The van der Waals surface area contributed by atoms with E-state index < -0.39 is 11.7 Å². The third kappa shape index (κ3) is 2.15. The minimum Gasteiger partial charge on any atom is -0.397 e. The number of aryl methyl sites for hydroxylation is 1. The van der Waals surface area contributed by atoms with Crippen LogP contribution >= 0.6 is 15.9 Å². The number of nitrogens with two attached hydrogens (primary N) is 1. The second-order valence-electron chi connectivity index (χ2n) is 2.71. The van der Waals surface area contributed by atoms with Gasteiger partial charge in [0.1, 0.15) is 0 Å². The lowest BCUT2D eigenvalue weighted by atomic mass is 10.1. The SMILES string of the molecule is Cc1cc(Br)c(N)c(C(F)(F)F)c1. The second kappa shape index (κ2) is 3.21. The van der Waals surface area contributed by atoms with Gasteiger partial charge in [0.25, 0.3) is 0 Å². The molecule has 0 aliphatic heterocycles. The van der Waals surface area contributed by atoms with Gasteiger partial charge in [0.05, 0.1) is 11.3 Å². The van der Waals surface area contributed by atoms with Gasteiger partial charge in [-0.1, -0.05) is 0 Å². The monoisotopic (exact) mass is 253 g/mol. The van der Waals surface area contributed by atoms with Crippen molar-refractivity contribution < 1.29 is 13.2 Å². The van der Waals surface area contributed by atoms with Crippen molar-refractivity contribution in [1.82, 2.24) is 0 Å². The zero-order valence-electron chi connectivity index (χ0n) is 6.74. The number of benzene rings is 1. The quantitative estimate of drug-likeness (QED) is 0.706. The van der Waals surface area contributed by atoms with E-state index in [0.29, 0.717) is 5.56 Å². The Labute approximate surface area is 81.9 Å². The van der Waals surface area contributed by atoms with Crippen molar-refractivity contribution in [3.63, 3.8) is 0 Å². The molecule has 0 aliphatic rings. The second-order valence-corrected chi connectivity index (χ2v) is 3.56. The molecule has 13 heavy (non-hydrogen) atoms. The third-order valence-electron chi connectivity index (χ3n) is 1.58. The van der Waals surface area contributed by atoms with Crippen LogP contribution in [0.1, 0.15) is 11.1 Å². The summed E-state index contributed by atoms with van der Waals surface area (Å²) in [6.07, 6.45) is -4.39. The summed E-state index contributed by atoms with van der Waals surface area (Å²) < 4.78 is 37.2. The van der Waals surface area contributed by atoms with Gasteiger partial charge in [-0.15, -0.1) is 0 Å². The van der Waals surface area contributed by atoms with Gasteiger partial charge in [-0.2, -0.15) is 13.2 Å². The lowest BCUT2D eigenvalue weighted by Gasteiger charge is -2.11. The maximum Gasteiger partial charge on any atom is 0.418 e. The van der Waals surface area contributed by atoms with Crippen LogP contribution in [0.5, 0.6) is 0 Å². The molecule has 0 heterocycles. The highest BCUT2D eigenvalue weighted by atomic mass is 79.9. The summed E-state index contributed by atoms with van der Waals surface area (Å²) in [6, 6.07) is 2.57. The molecule has 0 bridgehead atoms. The fraction of sp³-hybridized carbons (Fsp3) is 0.250. The fourth-order valence-corrected chi connectivity index (χ4v) is 1.56. The molecule has 0 atom stereocenters. The first kappa shape index (κ1) is 10.4. The topological polar surface area (TPSA) is 26.0 Å². The van der Waals surface area contributed by atoms with Crippen LogP contribution in [0, 0.1) is 6.92 Å². The van der Waals surface area contributed by atoms with Crippen LogP contribution in [0.4, 0.5) is 18.9 Å². The van der Waals surface area contributed by atoms with E-state index in [1.165, 1.54) is 0 Å². The molecule has 0 radical (unpaired) electrons. The van der Waals surface area contributed by atoms with Gasteiger partial charge in [-0.3, -0.25) is 0 Å². The lowest BCUT2D eigenvalue weighted by molar-refractivity contribution is -0.137. The summed E-state index contributed by atoms with van der Waals surface area (Å²) in [6.45, 7) is 1.58. The summed E-state index contributed by atoms with van der Waals surface area (Å²) in [4.78, 5) is 0. The number of alkyl halides is 3. The maximum atomic E-state index is 12.3. The molecule has 0 spiro atoms. The van der Waals surface area contributed by atoms with Gasteiger partial charge < -0.3 is 5.73 Å².